The highest BCUT2D eigenvalue weighted by Gasteiger charge is 2.52. The van der Waals surface area contributed by atoms with Crippen molar-refractivity contribution in [1.29, 1.82) is 0 Å². The summed E-state index contributed by atoms with van der Waals surface area (Å²) in [6, 6.07) is 11.4. The van der Waals surface area contributed by atoms with E-state index < -0.39 is 24.4 Å². The molecule has 2 aromatic rings. The van der Waals surface area contributed by atoms with Gasteiger partial charge in [-0.2, -0.15) is 0 Å². The van der Waals surface area contributed by atoms with Gasteiger partial charge in [-0.15, -0.1) is 0 Å². The Morgan fingerprint density at radius 3 is 2.55 bits per heavy atom. The van der Waals surface area contributed by atoms with Crippen LogP contribution in [0.2, 0.25) is 0 Å². The van der Waals surface area contributed by atoms with Gasteiger partial charge in [0.1, 0.15) is 18.9 Å². The van der Waals surface area contributed by atoms with E-state index in [0.717, 1.165) is 11.0 Å². The number of benzene rings is 1. The molecule has 0 spiro atoms. The summed E-state index contributed by atoms with van der Waals surface area (Å²) in [4.78, 5) is 18.7. The monoisotopic (exact) mass is 396 g/mol. The van der Waals surface area contributed by atoms with Crippen LogP contribution in [0, 0.1) is 0 Å². The maximum atomic E-state index is 12.7. The first-order valence-corrected chi connectivity index (χ1v) is 9.73. The summed E-state index contributed by atoms with van der Waals surface area (Å²) < 4.78 is 23.3. The van der Waals surface area contributed by atoms with E-state index in [4.69, 9.17) is 18.8 Å². The van der Waals surface area contributed by atoms with Gasteiger partial charge in [0.25, 0.3) is 0 Å². The lowest BCUT2D eigenvalue weighted by Gasteiger charge is -2.32. The molecule has 1 aromatic carbocycles. The normalized spacial score (nSPS) is 19.4. The molecule has 1 saturated heterocycles. The summed E-state index contributed by atoms with van der Waals surface area (Å²) >= 11 is 0. The van der Waals surface area contributed by atoms with Gasteiger partial charge in [0, 0.05) is 11.7 Å². The van der Waals surface area contributed by atoms with Crippen LogP contribution in [0.3, 0.4) is 0 Å². The highest BCUT2D eigenvalue weighted by Crippen LogP contribution is 2.37. The molecule has 3 heterocycles. The zero-order valence-electron chi connectivity index (χ0n) is 17.2. The number of hydrogen-bond acceptors (Lipinski definition) is 6. The summed E-state index contributed by atoms with van der Waals surface area (Å²) in [7, 11) is -0.568. The van der Waals surface area contributed by atoms with Crippen LogP contribution in [0.15, 0.2) is 42.6 Å². The number of carbonyl (C=O) groups excluding carboxylic acids is 1. The number of amides is 1. The fourth-order valence-electron chi connectivity index (χ4n) is 3.21. The third kappa shape index (κ3) is 3.82. The van der Waals surface area contributed by atoms with Gasteiger partial charge in [-0.05, 0) is 39.3 Å². The summed E-state index contributed by atoms with van der Waals surface area (Å²) in [6.07, 6.45) is 1.23. The fourth-order valence-corrected chi connectivity index (χ4v) is 3.21. The van der Waals surface area contributed by atoms with E-state index in [1.807, 2.05) is 64.1 Å². The molecular weight excluding hydrogens is 371 g/mol. The van der Waals surface area contributed by atoms with Gasteiger partial charge in [0.05, 0.1) is 17.7 Å². The quantitative estimate of drug-likeness (QED) is 0.744. The number of fused-ring (bicyclic) bond motifs is 1. The Bertz CT molecular complexity index is 887. The lowest BCUT2D eigenvalue weighted by atomic mass is 9.80. The predicted molar refractivity (Wildman–Crippen MR) is 109 cm³/mol. The van der Waals surface area contributed by atoms with Gasteiger partial charge in [0.15, 0.2) is 0 Å². The molecule has 0 N–H and O–H groups in total. The lowest BCUT2D eigenvalue weighted by Crippen LogP contribution is -2.41. The first-order chi connectivity index (χ1) is 13.8. The molecule has 0 atom stereocenters. The fraction of sp³-hybridized carbons (Fsp3) is 0.429. The molecule has 0 aliphatic carbocycles. The van der Waals surface area contributed by atoms with Crippen molar-refractivity contribution in [3.05, 3.63) is 48.2 Å². The van der Waals surface area contributed by atoms with E-state index in [1.54, 1.807) is 11.1 Å². The van der Waals surface area contributed by atoms with Crippen molar-refractivity contribution in [1.82, 2.24) is 4.98 Å². The Morgan fingerprint density at radius 2 is 1.86 bits per heavy atom. The Labute approximate surface area is 171 Å². The minimum absolute atomic E-state index is 0.205. The van der Waals surface area contributed by atoms with Crippen LogP contribution in [0.25, 0.3) is 0 Å². The summed E-state index contributed by atoms with van der Waals surface area (Å²) in [5.41, 5.74) is 1.30. The molecule has 1 amide bonds. The van der Waals surface area contributed by atoms with Gasteiger partial charge < -0.3 is 18.8 Å². The van der Waals surface area contributed by atoms with Crippen LogP contribution >= 0.6 is 0 Å². The second-order valence-electron chi connectivity index (χ2n) is 8.22. The zero-order chi connectivity index (χ0) is 20.6. The number of carbonyl (C=O) groups is 1. The van der Waals surface area contributed by atoms with Crippen molar-refractivity contribution in [2.24, 2.45) is 0 Å². The van der Waals surface area contributed by atoms with E-state index in [2.05, 4.69) is 4.98 Å². The number of hydrogen-bond donors (Lipinski definition) is 0. The smallest absolute Gasteiger partial charge is 0.474 e. The van der Waals surface area contributed by atoms with Crippen LogP contribution in [0.4, 0.5) is 10.5 Å². The van der Waals surface area contributed by atoms with E-state index >= 15 is 0 Å². The molecule has 2 aliphatic rings. The molecule has 4 rings (SSSR count). The second kappa shape index (κ2) is 7.35. The van der Waals surface area contributed by atoms with Gasteiger partial charge in [-0.3, -0.25) is 4.90 Å². The number of nitrogens with zero attached hydrogens (tertiary/aromatic N) is 2. The number of rotatable bonds is 3. The van der Waals surface area contributed by atoms with Gasteiger partial charge in [-0.1, -0.05) is 30.3 Å². The van der Waals surface area contributed by atoms with Crippen molar-refractivity contribution in [3.8, 4) is 5.88 Å². The van der Waals surface area contributed by atoms with Crippen molar-refractivity contribution in [3.63, 3.8) is 0 Å². The van der Waals surface area contributed by atoms with Crippen molar-refractivity contribution in [2.75, 3.05) is 18.1 Å². The lowest BCUT2D eigenvalue weighted by molar-refractivity contribution is 0.00578. The molecule has 2 aliphatic heterocycles. The number of aromatic nitrogens is 1. The van der Waals surface area contributed by atoms with Crippen molar-refractivity contribution >= 4 is 24.4 Å². The maximum absolute atomic E-state index is 12.7. The first kappa shape index (κ1) is 19.7. The molecule has 0 radical (unpaired) electrons. The van der Waals surface area contributed by atoms with E-state index in [0.29, 0.717) is 24.7 Å². The van der Waals surface area contributed by atoms with Crippen LogP contribution in [-0.2, 0) is 20.7 Å². The van der Waals surface area contributed by atoms with Crippen LogP contribution in [0.1, 0.15) is 33.3 Å². The summed E-state index contributed by atoms with van der Waals surface area (Å²) in [6.45, 7) is 8.93. The predicted octanol–water partition coefficient (Wildman–Crippen LogP) is 2.92. The minimum atomic E-state index is -0.568. The van der Waals surface area contributed by atoms with Crippen molar-refractivity contribution < 1.29 is 23.6 Å². The van der Waals surface area contributed by atoms with Crippen LogP contribution in [-0.4, -0.2) is 42.5 Å². The molecule has 1 fully saturated rings. The summed E-state index contributed by atoms with van der Waals surface area (Å²) in [5.74, 6) is 0.396. The maximum Gasteiger partial charge on any atom is 0.496 e. The first-order valence-electron chi connectivity index (χ1n) is 9.73. The topological polar surface area (TPSA) is 70.1 Å². The third-order valence-corrected chi connectivity index (χ3v) is 5.65. The van der Waals surface area contributed by atoms with Gasteiger partial charge in [0.2, 0.25) is 5.88 Å². The van der Waals surface area contributed by atoms with Gasteiger partial charge in [-0.25, -0.2) is 9.78 Å². The largest absolute Gasteiger partial charge is 0.496 e. The molecule has 29 heavy (non-hydrogen) atoms. The SMILES string of the molecule is CC1(C)OB(c2cnc3c(c2)N(C(=O)OCc2ccccc2)CCO3)OC1(C)C. The van der Waals surface area contributed by atoms with E-state index in [-0.39, 0.29) is 6.61 Å². The molecule has 0 bridgehead atoms. The number of ether oxygens (including phenoxy) is 2. The molecule has 7 nitrogen and oxygen atoms in total. The molecule has 0 saturated carbocycles. The van der Waals surface area contributed by atoms with E-state index in [1.165, 1.54) is 0 Å². The molecule has 1 aromatic heterocycles. The molecular formula is C21H25BN2O5. The Hall–Kier alpha value is -2.58. The zero-order valence-corrected chi connectivity index (χ0v) is 17.2. The third-order valence-electron chi connectivity index (χ3n) is 5.65. The minimum Gasteiger partial charge on any atom is -0.474 e. The number of anilines is 1. The van der Waals surface area contributed by atoms with Crippen LogP contribution in [0.5, 0.6) is 5.88 Å². The summed E-state index contributed by atoms with van der Waals surface area (Å²) in [5, 5.41) is 0. The molecule has 152 valence electrons. The average molecular weight is 396 g/mol. The van der Waals surface area contributed by atoms with Crippen LogP contribution < -0.4 is 15.1 Å². The highest BCUT2D eigenvalue weighted by molar-refractivity contribution is 6.62. The molecule has 0 unspecified atom stereocenters. The van der Waals surface area contributed by atoms with E-state index in [9.17, 15) is 4.79 Å². The average Bonchev–Trinajstić information content (AvgIpc) is 2.93. The Balaban J connectivity index is 1.54. The van der Waals surface area contributed by atoms with Gasteiger partial charge >= 0.3 is 13.2 Å². The number of pyridine rings is 1. The Kier molecular flexibility index (Phi) is 5.00. The Morgan fingerprint density at radius 1 is 1.17 bits per heavy atom. The highest BCUT2D eigenvalue weighted by atomic mass is 16.7. The second-order valence-corrected chi connectivity index (χ2v) is 8.22. The molecule has 8 heteroatoms. The standard InChI is InChI=1S/C21H25BN2O5/c1-20(2)21(3,4)29-22(28-20)16-12-17-18(23-13-16)26-11-10-24(17)19(25)27-14-15-8-6-5-7-9-15/h5-9,12-13H,10-11,14H2,1-4H3. The van der Waals surface area contributed by atoms with Crippen molar-refractivity contribution in [2.45, 2.75) is 45.5 Å².